The van der Waals surface area contributed by atoms with E-state index < -0.39 is 15.8 Å². The highest BCUT2D eigenvalue weighted by atomic mass is 32.2. The maximum absolute atomic E-state index is 13.7. The summed E-state index contributed by atoms with van der Waals surface area (Å²) >= 11 is 0. The van der Waals surface area contributed by atoms with Gasteiger partial charge in [-0.15, -0.1) is 0 Å². The lowest BCUT2D eigenvalue weighted by Gasteiger charge is -2.25. The lowest BCUT2D eigenvalue weighted by atomic mass is 10.1. The van der Waals surface area contributed by atoms with Crippen molar-refractivity contribution in [1.82, 2.24) is 4.31 Å². The molecule has 1 rings (SSSR count). The second kappa shape index (κ2) is 5.88. The van der Waals surface area contributed by atoms with Gasteiger partial charge < -0.3 is 5.73 Å². The van der Waals surface area contributed by atoms with Gasteiger partial charge in [0.2, 0.25) is 10.0 Å². The van der Waals surface area contributed by atoms with Crippen molar-refractivity contribution < 1.29 is 12.8 Å². The molecule has 0 fully saturated rings. The molecule has 1 aromatic carbocycles. The molecule has 0 aromatic heterocycles. The van der Waals surface area contributed by atoms with E-state index in [1.165, 1.54) is 17.4 Å². The second-order valence-electron chi connectivity index (χ2n) is 5.19. The average molecular weight is 288 g/mol. The smallest absolute Gasteiger partial charge is 0.246 e. The van der Waals surface area contributed by atoms with Gasteiger partial charge in [-0.3, -0.25) is 0 Å². The third-order valence-electron chi connectivity index (χ3n) is 3.05. The number of benzene rings is 1. The third kappa shape index (κ3) is 3.67. The number of rotatable bonds is 5. The second-order valence-corrected chi connectivity index (χ2v) is 7.16. The Balaban J connectivity index is 3.13. The predicted molar refractivity (Wildman–Crippen MR) is 74.7 cm³/mol. The Morgan fingerprint density at radius 2 is 1.89 bits per heavy atom. The first kappa shape index (κ1) is 15.9. The van der Waals surface area contributed by atoms with E-state index in [-0.39, 0.29) is 16.6 Å². The molecule has 2 N–H and O–H groups in total. The molecule has 0 saturated carbocycles. The van der Waals surface area contributed by atoms with Gasteiger partial charge in [-0.2, -0.15) is 4.31 Å². The molecule has 0 amide bonds. The molecule has 0 bridgehead atoms. The topological polar surface area (TPSA) is 63.4 Å². The van der Waals surface area contributed by atoms with Crippen LogP contribution in [0.4, 0.5) is 10.1 Å². The zero-order valence-electron chi connectivity index (χ0n) is 11.7. The van der Waals surface area contributed by atoms with Crippen molar-refractivity contribution in [3.05, 3.63) is 24.0 Å². The molecule has 0 heterocycles. The highest BCUT2D eigenvalue weighted by Gasteiger charge is 2.28. The summed E-state index contributed by atoms with van der Waals surface area (Å²) < 4.78 is 39.6. The number of nitrogen functional groups attached to an aromatic ring is 1. The van der Waals surface area contributed by atoms with E-state index in [2.05, 4.69) is 0 Å². The summed E-state index contributed by atoms with van der Waals surface area (Å²) in [6.45, 7) is 5.83. The number of halogens is 1. The first-order chi connectivity index (χ1) is 8.66. The molecular weight excluding hydrogens is 267 g/mol. The number of nitrogens with two attached hydrogens (primary N) is 1. The highest BCUT2D eigenvalue weighted by molar-refractivity contribution is 7.89. The van der Waals surface area contributed by atoms with Gasteiger partial charge in [0.15, 0.2) is 0 Å². The molecule has 0 saturated heterocycles. The molecule has 0 aliphatic carbocycles. The number of hydrogen-bond donors (Lipinski definition) is 1. The van der Waals surface area contributed by atoms with Gasteiger partial charge in [0, 0.05) is 18.8 Å². The number of sulfonamides is 1. The van der Waals surface area contributed by atoms with E-state index in [1.807, 2.05) is 20.8 Å². The van der Waals surface area contributed by atoms with Crippen molar-refractivity contribution in [3.63, 3.8) is 0 Å². The van der Waals surface area contributed by atoms with Crippen LogP contribution in [0.2, 0.25) is 0 Å². The maximum atomic E-state index is 13.7. The summed E-state index contributed by atoms with van der Waals surface area (Å²) in [5, 5.41) is 0. The predicted octanol–water partition coefficient (Wildman–Crippen LogP) is 2.46. The quantitative estimate of drug-likeness (QED) is 0.847. The summed E-state index contributed by atoms with van der Waals surface area (Å²) in [6, 6.07) is 3.36. The van der Waals surface area contributed by atoms with Gasteiger partial charge in [0.25, 0.3) is 0 Å². The van der Waals surface area contributed by atoms with Gasteiger partial charge in [-0.25, -0.2) is 12.8 Å². The van der Waals surface area contributed by atoms with E-state index in [4.69, 9.17) is 5.73 Å². The van der Waals surface area contributed by atoms with Crippen LogP contribution in [0.25, 0.3) is 0 Å². The molecule has 4 nitrogen and oxygen atoms in total. The van der Waals surface area contributed by atoms with Gasteiger partial charge >= 0.3 is 0 Å². The molecule has 19 heavy (non-hydrogen) atoms. The van der Waals surface area contributed by atoms with Crippen molar-refractivity contribution in [1.29, 1.82) is 0 Å². The van der Waals surface area contributed by atoms with E-state index in [1.54, 1.807) is 0 Å². The Hall–Kier alpha value is -1.14. The Morgan fingerprint density at radius 1 is 1.32 bits per heavy atom. The van der Waals surface area contributed by atoms with Crippen molar-refractivity contribution in [2.75, 3.05) is 12.8 Å². The lowest BCUT2D eigenvalue weighted by molar-refractivity contribution is 0.336. The molecule has 1 aromatic rings. The highest BCUT2D eigenvalue weighted by Crippen LogP contribution is 2.23. The molecule has 0 aliphatic rings. The largest absolute Gasteiger partial charge is 0.399 e. The third-order valence-corrected chi connectivity index (χ3v) is 5.03. The summed E-state index contributed by atoms with van der Waals surface area (Å²) in [6.07, 6.45) is 0.708. The number of nitrogens with zero attached hydrogens (tertiary/aromatic N) is 1. The average Bonchev–Trinajstić information content (AvgIpc) is 2.30. The van der Waals surface area contributed by atoms with Crippen molar-refractivity contribution >= 4 is 15.7 Å². The van der Waals surface area contributed by atoms with Gasteiger partial charge in [0.05, 0.1) is 0 Å². The van der Waals surface area contributed by atoms with Crippen LogP contribution in [-0.2, 0) is 10.0 Å². The molecule has 6 heteroatoms. The molecule has 1 unspecified atom stereocenters. The molecule has 1 atom stereocenters. The van der Waals surface area contributed by atoms with Crippen LogP contribution in [0.15, 0.2) is 23.1 Å². The van der Waals surface area contributed by atoms with Crippen LogP contribution in [0.5, 0.6) is 0 Å². The summed E-state index contributed by atoms with van der Waals surface area (Å²) in [4.78, 5) is -0.370. The molecule has 108 valence electrons. The van der Waals surface area contributed by atoms with E-state index >= 15 is 0 Å². The van der Waals surface area contributed by atoms with E-state index in [9.17, 15) is 12.8 Å². The van der Waals surface area contributed by atoms with Gasteiger partial charge in [-0.1, -0.05) is 13.8 Å². The van der Waals surface area contributed by atoms with E-state index in [0.717, 1.165) is 12.1 Å². The zero-order chi connectivity index (χ0) is 14.8. The molecule has 0 radical (unpaired) electrons. The lowest BCUT2D eigenvalue weighted by Crippen LogP contribution is -2.36. The Labute approximate surface area is 114 Å². The van der Waals surface area contributed by atoms with Gasteiger partial charge in [0.1, 0.15) is 10.7 Å². The van der Waals surface area contributed by atoms with Crippen molar-refractivity contribution in [3.8, 4) is 0 Å². The standard InChI is InChI=1S/C13H21FN2O2S/c1-9(2)7-10(3)16(4)19(17,18)13-8-11(15)5-6-12(13)14/h5-6,8-10H,7,15H2,1-4H3. The number of hydrogen-bond acceptors (Lipinski definition) is 3. The van der Waals surface area contributed by atoms with Gasteiger partial charge in [-0.05, 0) is 37.5 Å². The summed E-state index contributed by atoms with van der Waals surface area (Å²) in [7, 11) is -2.40. The Bertz CT molecular complexity index is 544. The van der Waals surface area contributed by atoms with Crippen LogP contribution >= 0.6 is 0 Å². The zero-order valence-corrected chi connectivity index (χ0v) is 12.5. The maximum Gasteiger partial charge on any atom is 0.246 e. The fourth-order valence-electron chi connectivity index (χ4n) is 1.94. The van der Waals surface area contributed by atoms with Crippen LogP contribution in [0.1, 0.15) is 27.2 Å². The van der Waals surface area contributed by atoms with Crippen molar-refractivity contribution in [2.24, 2.45) is 5.92 Å². The molecule has 0 spiro atoms. The summed E-state index contributed by atoms with van der Waals surface area (Å²) in [5.74, 6) is -0.420. The minimum Gasteiger partial charge on any atom is -0.399 e. The minimum absolute atomic E-state index is 0.203. The number of anilines is 1. The fourth-order valence-corrected chi connectivity index (χ4v) is 3.41. The van der Waals surface area contributed by atoms with Crippen LogP contribution in [-0.4, -0.2) is 25.8 Å². The first-order valence-electron chi connectivity index (χ1n) is 6.19. The Kier molecular flexibility index (Phi) is 4.92. The molecule has 0 aliphatic heterocycles. The Morgan fingerprint density at radius 3 is 2.42 bits per heavy atom. The van der Waals surface area contributed by atoms with E-state index in [0.29, 0.717) is 12.3 Å². The minimum atomic E-state index is -3.86. The van der Waals surface area contributed by atoms with Crippen LogP contribution in [0, 0.1) is 11.7 Å². The summed E-state index contributed by atoms with van der Waals surface area (Å²) in [5.41, 5.74) is 5.76. The first-order valence-corrected chi connectivity index (χ1v) is 7.63. The van der Waals surface area contributed by atoms with Crippen LogP contribution < -0.4 is 5.73 Å². The SMILES string of the molecule is CC(C)CC(C)N(C)S(=O)(=O)c1cc(N)ccc1F. The van der Waals surface area contributed by atoms with Crippen LogP contribution in [0.3, 0.4) is 0 Å². The normalized spacial score (nSPS) is 14.1. The molecular formula is C13H21FN2O2S. The van der Waals surface area contributed by atoms with Crippen molar-refractivity contribution in [2.45, 2.75) is 38.1 Å². The monoisotopic (exact) mass is 288 g/mol. The fraction of sp³-hybridized carbons (Fsp3) is 0.538.